The van der Waals surface area contributed by atoms with Gasteiger partial charge in [-0.25, -0.2) is 4.79 Å². The lowest BCUT2D eigenvalue weighted by atomic mass is 10.0. The fourth-order valence-electron chi connectivity index (χ4n) is 3.14. The molecule has 1 aliphatic rings. The fraction of sp³-hybridized carbons (Fsp3) is 0.579. The molecule has 1 aromatic rings. The van der Waals surface area contributed by atoms with Crippen molar-refractivity contribution in [3.05, 3.63) is 35.9 Å². The smallest absolute Gasteiger partial charge is 0.410 e. The highest BCUT2D eigenvalue weighted by Crippen LogP contribution is 2.20. The van der Waals surface area contributed by atoms with Crippen LogP contribution in [0.5, 0.6) is 0 Å². The number of carbonyl (C=O) groups is 2. The second kappa shape index (κ2) is 9.42. The first-order chi connectivity index (χ1) is 12.0. The minimum absolute atomic E-state index is 0.00114. The summed E-state index contributed by atoms with van der Waals surface area (Å²) in [6.45, 7) is 5.42. The minimum Gasteiger partial charge on any atom is -0.480 e. The summed E-state index contributed by atoms with van der Waals surface area (Å²) in [7, 11) is 0. The van der Waals surface area contributed by atoms with Gasteiger partial charge in [0.05, 0.1) is 6.54 Å². The molecule has 0 unspecified atom stereocenters. The highest BCUT2D eigenvalue weighted by Gasteiger charge is 2.30. The molecule has 25 heavy (non-hydrogen) atoms. The average Bonchev–Trinajstić information content (AvgIpc) is 2.60. The summed E-state index contributed by atoms with van der Waals surface area (Å²) in [6.07, 6.45) is 2.57. The summed E-state index contributed by atoms with van der Waals surface area (Å²) in [5.74, 6) is -0.845. The largest absolute Gasteiger partial charge is 0.480 e. The van der Waals surface area contributed by atoms with Crippen molar-refractivity contribution in [2.75, 3.05) is 19.6 Å². The van der Waals surface area contributed by atoms with Crippen molar-refractivity contribution in [1.29, 1.82) is 0 Å². The van der Waals surface area contributed by atoms with E-state index in [2.05, 4.69) is 0 Å². The van der Waals surface area contributed by atoms with Crippen LogP contribution in [0.15, 0.2) is 30.3 Å². The van der Waals surface area contributed by atoms with Crippen LogP contribution in [0.25, 0.3) is 0 Å². The number of carboxylic acids is 1. The lowest BCUT2D eigenvalue weighted by molar-refractivity contribution is -0.139. The predicted octanol–water partition coefficient (Wildman–Crippen LogP) is 2.97. The quantitative estimate of drug-likeness (QED) is 0.820. The van der Waals surface area contributed by atoms with Gasteiger partial charge in [-0.15, -0.1) is 0 Å². The van der Waals surface area contributed by atoms with Crippen molar-refractivity contribution in [3.8, 4) is 0 Å². The molecule has 0 spiro atoms. The Labute approximate surface area is 149 Å². The number of nitrogens with zero attached hydrogens (tertiary/aromatic N) is 2. The maximum absolute atomic E-state index is 12.5. The van der Waals surface area contributed by atoms with Crippen LogP contribution in [0.1, 0.15) is 38.7 Å². The molecule has 0 bridgehead atoms. The first-order valence-electron chi connectivity index (χ1n) is 8.90. The summed E-state index contributed by atoms with van der Waals surface area (Å²) < 4.78 is 5.47. The summed E-state index contributed by atoms with van der Waals surface area (Å²) in [5, 5.41) is 9.10. The van der Waals surface area contributed by atoms with E-state index in [1.165, 1.54) is 0 Å². The van der Waals surface area contributed by atoms with Crippen LogP contribution in [-0.4, -0.2) is 58.7 Å². The van der Waals surface area contributed by atoms with Crippen molar-refractivity contribution >= 4 is 12.1 Å². The van der Waals surface area contributed by atoms with E-state index in [1.54, 1.807) is 4.90 Å². The standard InChI is InChI=1S/C19H28N2O4/c1-15(2)20(13-18(22)23)12-17-10-6-7-11-21(17)19(24)25-14-16-8-4-3-5-9-16/h3-5,8-9,15,17H,6-7,10-14H2,1-2H3,(H,22,23)/t17-/m1/s1. The van der Waals surface area contributed by atoms with Crippen LogP contribution in [0.4, 0.5) is 4.79 Å². The highest BCUT2D eigenvalue weighted by atomic mass is 16.6. The summed E-state index contributed by atoms with van der Waals surface area (Å²) in [5.41, 5.74) is 0.957. The van der Waals surface area contributed by atoms with Crippen LogP contribution in [0.2, 0.25) is 0 Å². The van der Waals surface area contributed by atoms with Gasteiger partial charge in [0, 0.05) is 25.2 Å². The number of carbonyl (C=O) groups excluding carboxylic acids is 1. The third-order valence-electron chi connectivity index (χ3n) is 4.58. The molecule has 0 aromatic heterocycles. The van der Waals surface area contributed by atoms with Crippen LogP contribution in [0, 0.1) is 0 Å². The van der Waals surface area contributed by atoms with E-state index in [0.717, 1.165) is 24.8 Å². The maximum atomic E-state index is 12.5. The van der Waals surface area contributed by atoms with Gasteiger partial charge in [-0.1, -0.05) is 30.3 Å². The molecule has 0 saturated carbocycles. The molecule has 0 radical (unpaired) electrons. The van der Waals surface area contributed by atoms with E-state index in [9.17, 15) is 9.59 Å². The average molecular weight is 348 g/mol. The lowest BCUT2D eigenvalue weighted by Crippen LogP contribution is -2.51. The molecule has 1 N–H and O–H groups in total. The van der Waals surface area contributed by atoms with Crippen LogP contribution in [-0.2, 0) is 16.1 Å². The molecule has 0 aliphatic carbocycles. The molecule has 2 rings (SSSR count). The van der Waals surface area contributed by atoms with Crippen LogP contribution >= 0.6 is 0 Å². The molecule has 6 heteroatoms. The van der Waals surface area contributed by atoms with Crippen molar-refractivity contribution in [3.63, 3.8) is 0 Å². The van der Waals surface area contributed by atoms with E-state index < -0.39 is 5.97 Å². The van der Waals surface area contributed by atoms with E-state index in [1.807, 2.05) is 49.1 Å². The first-order valence-corrected chi connectivity index (χ1v) is 8.90. The number of aliphatic carboxylic acids is 1. The normalized spacial score (nSPS) is 17.8. The molecule has 6 nitrogen and oxygen atoms in total. The number of rotatable bonds is 7. The zero-order valence-corrected chi connectivity index (χ0v) is 15.1. The molecule has 1 atom stereocenters. The summed E-state index contributed by atoms with van der Waals surface area (Å²) in [6, 6.07) is 9.72. The molecule has 1 amide bonds. The van der Waals surface area contributed by atoms with Gasteiger partial charge >= 0.3 is 12.1 Å². The summed E-state index contributed by atoms with van der Waals surface area (Å²) >= 11 is 0. The van der Waals surface area contributed by atoms with Crippen molar-refractivity contribution in [2.45, 2.75) is 51.8 Å². The van der Waals surface area contributed by atoms with Crippen molar-refractivity contribution in [1.82, 2.24) is 9.80 Å². The number of hydrogen-bond donors (Lipinski definition) is 1. The Morgan fingerprint density at radius 3 is 2.64 bits per heavy atom. The number of piperidine rings is 1. The van der Waals surface area contributed by atoms with Gasteiger partial charge in [0.15, 0.2) is 0 Å². The zero-order valence-electron chi connectivity index (χ0n) is 15.1. The predicted molar refractivity (Wildman–Crippen MR) is 95.3 cm³/mol. The van der Waals surface area contributed by atoms with Crippen LogP contribution < -0.4 is 0 Å². The topological polar surface area (TPSA) is 70.1 Å². The van der Waals surface area contributed by atoms with E-state index in [4.69, 9.17) is 9.84 Å². The number of carboxylic acid groups (broad SMARTS) is 1. The Balaban J connectivity index is 1.96. The van der Waals surface area contributed by atoms with Gasteiger partial charge in [-0.05, 0) is 38.7 Å². The lowest BCUT2D eigenvalue weighted by Gasteiger charge is -2.38. The number of benzene rings is 1. The Kier molecular flexibility index (Phi) is 7.25. The monoisotopic (exact) mass is 348 g/mol. The third kappa shape index (κ3) is 6.05. The van der Waals surface area contributed by atoms with E-state index in [0.29, 0.717) is 13.1 Å². The van der Waals surface area contributed by atoms with Gasteiger partial charge in [-0.3, -0.25) is 9.69 Å². The molecule has 1 fully saturated rings. The number of hydrogen-bond acceptors (Lipinski definition) is 4. The SMILES string of the molecule is CC(C)N(CC(=O)O)C[C@H]1CCCCN1C(=O)OCc1ccccc1. The van der Waals surface area contributed by atoms with Gasteiger partial charge < -0.3 is 14.7 Å². The minimum atomic E-state index is -0.845. The second-order valence-electron chi connectivity index (χ2n) is 6.80. The second-order valence-corrected chi connectivity index (χ2v) is 6.80. The Morgan fingerprint density at radius 1 is 1.28 bits per heavy atom. The molecule has 138 valence electrons. The van der Waals surface area contributed by atoms with E-state index >= 15 is 0 Å². The first kappa shape index (κ1) is 19.2. The number of ether oxygens (including phenoxy) is 1. The number of amides is 1. The van der Waals surface area contributed by atoms with Gasteiger partial charge in [0.25, 0.3) is 0 Å². The molecular formula is C19H28N2O4. The maximum Gasteiger partial charge on any atom is 0.410 e. The molecular weight excluding hydrogens is 320 g/mol. The Morgan fingerprint density at radius 2 is 2.00 bits per heavy atom. The molecule has 1 heterocycles. The van der Waals surface area contributed by atoms with Crippen molar-refractivity contribution in [2.24, 2.45) is 0 Å². The molecule has 1 aliphatic heterocycles. The highest BCUT2D eigenvalue weighted by molar-refractivity contribution is 5.69. The van der Waals surface area contributed by atoms with E-state index in [-0.39, 0.29) is 31.3 Å². The van der Waals surface area contributed by atoms with Gasteiger partial charge in [0.2, 0.25) is 0 Å². The third-order valence-corrected chi connectivity index (χ3v) is 4.58. The molecule has 1 saturated heterocycles. The molecule has 1 aromatic carbocycles. The Hall–Kier alpha value is -2.08. The van der Waals surface area contributed by atoms with Gasteiger partial charge in [0.1, 0.15) is 6.61 Å². The van der Waals surface area contributed by atoms with Gasteiger partial charge in [-0.2, -0.15) is 0 Å². The Bertz CT molecular complexity index is 562. The zero-order chi connectivity index (χ0) is 18.2. The number of likely N-dealkylation sites (tertiary alicyclic amines) is 1. The summed E-state index contributed by atoms with van der Waals surface area (Å²) in [4.78, 5) is 27.3. The fourth-order valence-corrected chi connectivity index (χ4v) is 3.14. The van der Waals surface area contributed by atoms with Crippen LogP contribution in [0.3, 0.4) is 0 Å². The van der Waals surface area contributed by atoms with Crippen molar-refractivity contribution < 1.29 is 19.4 Å².